The highest BCUT2D eigenvalue weighted by Gasteiger charge is 2.12. The van der Waals surface area contributed by atoms with Gasteiger partial charge in [0.1, 0.15) is 5.69 Å². The zero-order chi connectivity index (χ0) is 13.5. The number of rotatable bonds is 6. The molecule has 1 amide bonds. The van der Waals surface area contributed by atoms with Gasteiger partial charge < -0.3 is 15.5 Å². The van der Waals surface area contributed by atoms with E-state index in [2.05, 4.69) is 16.8 Å². The number of pyridine rings is 1. The largest absolute Gasteiger partial charge is 0.370 e. The Bertz CT molecular complexity index is 386. The third kappa shape index (κ3) is 3.70. The van der Waals surface area contributed by atoms with Gasteiger partial charge in [-0.3, -0.25) is 9.78 Å². The van der Waals surface area contributed by atoms with E-state index in [9.17, 15) is 4.79 Å². The summed E-state index contributed by atoms with van der Waals surface area (Å²) in [5, 5.41) is 0. The number of aromatic nitrogens is 1. The predicted molar refractivity (Wildman–Crippen MR) is 73.8 cm³/mol. The first-order chi connectivity index (χ1) is 8.60. The maximum atomic E-state index is 11.9. The van der Waals surface area contributed by atoms with Crippen molar-refractivity contribution in [1.82, 2.24) is 9.88 Å². The van der Waals surface area contributed by atoms with Gasteiger partial charge in [-0.2, -0.15) is 0 Å². The summed E-state index contributed by atoms with van der Waals surface area (Å²) in [5.41, 5.74) is 7.08. The van der Waals surface area contributed by atoms with Crippen LogP contribution in [0.4, 0.5) is 5.69 Å². The summed E-state index contributed by atoms with van der Waals surface area (Å²) in [6.45, 7) is 4.43. The summed E-state index contributed by atoms with van der Waals surface area (Å²) in [7, 11) is 3.45. The number of carbonyl (C=O) groups excluding carboxylic acids is 1. The summed E-state index contributed by atoms with van der Waals surface area (Å²) in [6.07, 6.45) is 2.71. The normalized spacial score (nSPS) is 10.2. The molecular formula is C13H22N4O. The molecule has 0 aromatic carbocycles. The quantitative estimate of drug-likeness (QED) is 0.817. The minimum atomic E-state index is -0.0824. The molecule has 1 aromatic rings. The van der Waals surface area contributed by atoms with Gasteiger partial charge in [-0.1, -0.05) is 6.92 Å². The monoisotopic (exact) mass is 250 g/mol. The minimum Gasteiger partial charge on any atom is -0.370 e. The molecule has 100 valence electrons. The van der Waals surface area contributed by atoms with Gasteiger partial charge in [0.05, 0.1) is 0 Å². The molecule has 0 bridgehead atoms. The van der Waals surface area contributed by atoms with E-state index in [-0.39, 0.29) is 5.91 Å². The van der Waals surface area contributed by atoms with Gasteiger partial charge in [-0.15, -0.1) is 0 Å². The molecule has 1 heterocycles. The average Bonchev–Trinajstić information content (AvgIpc) is 2.37. The first kappa shape index (κ1) is 14.4. The zero-order valence-corrected chi connectivity index (χ0v) is 11.4. The molecule has 0 saturated carbocycles. The molecule has 2 N–H and O–H groups in total. The first-order valence-corrected chi connectivity index (χ1v) is 6.22. The second-order valence-electron chi connectivity index (χ2n) is 4.37. The second kappa shape index (κ2) is 6.96. The molecule has 5 heteroatoms. The van der Waals surface area contributed by atoms with Crippen LogP contribution in [0.3, 0.4) is 0 Å². The Morgan fingerprint density at radius 1 is 1.39 bits per heavy atom. The highest BCUT2D eigenvalue weighted by Crippen LogP contribution is 2.15. The number of anilines is 1. The number of amides is 1. The van der Waals surface area contributed by atoms with Gasteiger partial charge in [-0.05, 0) is 18.6 Å². The van der Waals surface area contributed by atoms with Crippen LogP contribution in [0.2, 0.25) is 0 Å². The lowest BCUT2D eigenvalue weighted by atomic mass is 10.2. The lowest BCUT2D eigenvalue weighted by molar-refractivity contribution is 0.0822. The van der Waals surface area contributed by atoms with Crippen molar-refractivity contribution in [2.24, 2.45) is 5.73 Å². The van der Waals surface area contributed by atoms with E-state index >= 15 is 0 Å². The van der Waals surface area contributed by atoms with Crippen molar-refractivity contribution in [3.8, 4) is 0 Å². The lowest BCUT2D eigenvalue weighted by Crippen LogP contribution is -2.30. The number of carbonyl (C=O) groups is 1. The van der Waals surface area contributed by atoms with Crippen LogP contribution >= 0.6 is 0 Å². The molecule has 0 radical (unpaired) electrons. The fourth-order valence-electron chi connectivity index (χ4n) is 1.76. The Labute approximate surface area is 109 Å². The summed E-state index contributed by atoms with van der Waals surface area (Å²) >= 11 is 0. The molecule has 0 aliphatic carbocycles. The fraction of sp³-hybridized carbons (Fsp3) is 0.538. The van der Waals surface area contributed by atoms with E-state index in [0.717, 1.165) is 25.2 Å². The van der Waals surface area contributed by atoms with Gasteiger partial charge in [0, 0.05) is 45.6 Å². The molecule has 0 spiro atoms. The van der Waals surface area contributed by atoms with E-state index in [1.165, 1.54) is 4.90 Å². The summed E-state index contributed by atoms with van der Waals surface area (Å²) < 4.78 is 0. The topological polar surface area (TPSA) is 62.5 Å². The Morgan fingerprint density at radius 3 is 2.67 bits per heavy atom. The van der Waals surface area contributed by atoms with Crippen LogP contribution in [0.25, 0.3) is 0 Å². The van der Waals surface area contributed by atoms with Crippen molar-refractivity contribution in [2.45, 2.75) is 13.3 Å². The third-order valence-corrected chi connectivity index (χ3v) is 2.63. The van der Waals surface area contributed by atoms with E-state index in [1.807, 2.05) is 12.1 Å². The van der Waals surface area contributed by atoms with Crippen LogP contribution in [-0.2, 0) is 0 Å². The molecule has 5 nitrogen and oxygen atoms in total. The third-order valence-electron chi connectivity index (χ3n) is 2.63. The SMILES string of the molecule is CCCN(CCN)c1ccnc(C(=O)N(C)C)c1. The van der Waals surface area contributed by atoms with Gasteiger partial charge >= 0.3 is 0 Å². The van der Waals surface area contributed by atoms with Gasteiger partial charge in [0.2, 0.25) is 0 Å². The summed E-state index contributed by atoms with van der Waals surface area (Å²) in [6, 6.07) is 3.74. The number of hydrogen-bond acceptors (Lipinski definition) is 4. The average molecular weight is 250 g/mol. The highest BCUT2D eigenvalue weighted by molar-refractivity contribution is 5.92. The van der Waals surface area contributed by atoms with Crippen molar-refractivity contribution >= 4 is 11.6 Å². The first-order valence-electron chi connectivity index (χ1n) is 6.22. The smallest absolute Gasteiger partial charge is 0.272 e. The second-order valence-corrected chi connectivity index (χ2v) is 4.37. The molecule has 0 atom stereocenters. The van der Waals surface area contributed by atoms with Crippen LogP contribution in [-0.4, -0.2) is 49.5 Å². The highest BCUT2D eigenvalue weighted by atomic mass is 16.2. The molecule has 0 fully saturated rings. The van der Waals surface area contributed by atoms with Crippen LogP contribution < -0.4 is 10.6 Å². The number of hydrogen-bond donors (Lipinski definition) is 1. The van der Waals surface area contributed by atoms with E-state index in [0.29, 0.717) is 12.2 Å². The van der Waals surface area contributed by atoms with Gasteiger partial charge in [0.25, 0.3) is 5.91 Å². The fourth-order valence-corrected chi connectivity index (χ4v) is 1.76. The molecule has 0 aliphatic rings. The summed E-state index contributed by atoms with van der Waals surface area (Å²) in [4.78, 5) is 19.7. The lowest BCUT2D eigenvalue weighted by Gasteiger charge is -2.24. The van der Waals surface area contributed by atoms with Crippen molar-refractivity contribution in [3.63, 3.8) is 0 Å². The zero-order valence-electron chi connectivity index (χ0n) is 11.4. The van der Waals surface area contributed by atoms with Crippen molar-refractivity contribution < 1.29 is 4.79 Å². The van der Waals surface area contributed by atoms with Crippen molar-refractivity contribution in [2.75, 3.05) is 38.6 Å². The van der Waals surface area contributed by atoms with Crippen LogP contribution in [0.15, 0.2) is 18.3 Å². The van der Waals surface area contributed by atoms with Crippen LogP contribution in [0.1, 0.15) is 23.8 Å². The number of nitrogens with zero attached hydrogens (tertiary/aromatic N) is 3. The molecule has 1 aromatic heterocycles. The number of nitrogens with two attached hydrogens (primary N) is 1. The van der Waals surface area contributed by atoms with Crippen molar-refractivity contribution in [3.05, 3.63) is 24.0 Å². The maximum Gasteiger partial charge on any atom is 0.272 e. The summed E-state index contributed by atoms with van der Waals surface area (Å²) in [5.74, 6) is -0.0824. The maximum absolute atomic E-state index is 11.9. The molecule has 0 unspecified atom stereocenters. The van der Waals surface area contributed by atoms with E-state index in [4.69, 9.17) is 5.73 Å². The van der Waals surface area contributed by atoms with Crippen LogP contribution in [0, 0.1) is 0 Å². The molecular weight excluding hydrogens is 228 g/mol. The van der Waals surface area contributed by atoms with Crippen molar-refractivity contribution in [1.29, 1.82) is 0 Å². The molecule has 1 rings (SSSR count). The molecule has 18 heavy (non-hydrogen) atoms. The predicted octanol–water partition coefficient (Wildman–Crippen LogP) is 0.958. The Kier molecular flexibility index (Phi) is 5.58. The standard InChI is InChI=1S/C13H22N4O/c1-4-8-17(9-6-14)11-5-7-15-12(10-11)13(18)16(2)3/h5,7,10H,4,6,8-9,14H2,1-3H3. The van der Waals surface area contributed by atoms with Gasteiger partial charge in [0.15, 0.2) is 0 Å². The Balaban J connectivity index is 2.95. The molecule has 0 saturated heterocycles. The Hall–Kier alpha value is -1.62. The Morgan fingerprint density at radius 2 is 2.11 bits per heavy atom. The molecule has 0 aliphatic heterocycles. The van der Waals surface area contributed by atoms with E-state index < -0.39 is 0 Å². The van der Waals surface area contributed by atoms with E-state index in [1.54, 1.807) is 20.3 Å². The van der Waals surface area contributed by atoms with Gasteiger partial charge in [-0.25, -0.2) is 0 Å². The minimum absolute atomic E-state index is 0.0824. The van der Waals surface area contributed by atoms with Crippen LogP contribution in [0.5, 0.6) is 0 Å².